The molecule has 0 fully saturated rings. The third kappa shape index (κ3) is 2.08. The monoisotopic (exact) mass is 265 g/mol. The summed E-state index contributed by atoms with van der Waals surface area (Å²) in [5.74, 6) is 0. The van der Waals surface area contributed by atoms with E-state index in [9.17, 15) is 5.26 Å². The molecule has 20 heavy (non-hydrogen) atoms. The Morgan fingerprint density at radius 2 is 1.90 bits per heavy atom. The summed E-state index contributed by atoms with van der Waals surface area (Å²) in [6.07, 6.45) is 8.62. The molecule has 0 bridgehead atoms. The molecule has 0 spiro atoms. The van der Waals surface area contributed by atoms with Crippen molar-refractivity contribution >= 4 is 0 Å². The Morgan fingerprint density at radius 1 is 1.10 bits per heavy atom. The van der Waals surface area contributed by atoms with Gasteiger partial charge in [0.2, 0.25) is 0 Å². The lowest BCUT2D eigenvalue weighted by molar-refractivity contribution is 0.412. The first-order valence-corrected chi connectivity index (χ1v) is 7.59. The molecule has 0 saturated carbocycles. The number of rotatable bonds is 2. The Morgan fingerprint density at radius 3 is 2.70 bits per heavy atom. The number of nitriles is 2. The van der Waals surface area contributed by atoms with Gasteiger partial charge in [-0.1, -0.05) is 6.07 Å². The van der Waals surface area contributed by atoms with Crippen LogP contribution in [0.25, 0.3) is 0 Å². The molecule has 2 aliphatic carbocycles. The van der Waals surface area contributed by atoms with E-state index in [1.165, 1.54) is 29.7 Å². The standard InChI is InChI=1S/C17H19N3/c18-10-4-9-17(12-19)8-3-6-14-11-13-5-1-2-7-15(13)20-16(14)17/h11H,1-9H2. The second kappa shape index (κ2) is 5.25. The summed E-state index contributed by atoms with van der Waals surface area (Å²) >= 11 is 0. The lowest BCUT2D eigenvalue weighted by Gasteiger charge is -2.33. The van der Waals surface area contributed by atoms with Crippen LogP contribution >= 0.6 is 0 Å². The van der Waals surface area contributed by atoms with Gasteiger partial charge in [-0.15, -0.1) is 0 Å². The van der Waals surface area contributed by atoms with Crippen molar-refractivity contribution in [3.63, 3.8) is 0 Å². The first-order chi connectivity index (χ1) is 9.79. The van der Waals surface area contributed by atoms with Gasteiger partial charge in [-0.05, 0) is 62.5 Å². The first-order valence-electron chi connectivity index (χ1n) is 7.59. The number of aromatic nitrogens is 1. The highest BCUT2D eigenvalue weighted by atomic mass is 14.8. The predicted octanol–water partition coefficient (Wildman–Crippen LogP) is 3.36. The molecule has 1 atom stereocenters. The van der Waals surface area contributed by atoms with E-state index >= 15 is 0 Å². The molecule has 102 valence electrons. The fourth-order valence-electron chi connectivity index (χ4n) is 3.66. The number of fused-ring (bicyclic) bond motifs is 2. The van der Waals surface area contributed by atoms with Crippen LogP contribution in [-0.4, -0.2) is 4.98 Å². The minimum Gasteiger partial charge on any atom is -0.256 e. The van der Waals surface area contributed by atoms with Crippen molar-refractivity contribution in [1.82, 2.24) is 4.98 Å². The highest BCUT2D eigenvalue weighted by molar-refractivity contribution is 5.41. The topological polar surface area (TPSA) is 60.5 Å². The van der Waals surface area contributed by atoms with Gasteiger partial charge in [-0.2, -0.15) is 10.5 Å². The lowest BCUT2D eigenvalue weighted by Crippen LogP contribution is -2.32. The highest BCUT2D eigenvalue weighted by Crippen LogP contribution is 2.40. The molecule has 0 N–H and O–H groups in total. The van der Waals surface area contributed by atoms with Gasteiger partial charge in [0.15, 0.2) is 0 Å². The van der Waals surface area contributed by atoms with E-state index in [-0.39, 0.29) is 0 Å². The summed E-state index contributed by atoms with van der Waals surface area (Å²) in [4.78, 5) is 4.90. The summed E-state index contributed by atoms with van der Waals surface area (Å²) < 4.78 is 0. The van der Waals surface area contributed by atoms with Crippen LogP contribution in [0, 0.1) is 22.7 Å². The van der Waals surface area contributed by atoms with Crippen LogP contribution in [0.3, 0.4) is 0 Å². The zero-order valence-corrected chi connectivity index (χ0v) is 11.8. The van der Waals surface area contributed by atoms with Gasteiger partial charge in [-0.25, -0.2) is 0 Å². The van der Waals surface area contributed by atoms with E-state index in [1.807, 2.05) is 0 Å². The number of hydrogen-bond donors (Lipinski definition) is 0. The molecule has 1 unspecified atom stereocenters. The third-order valence-corrected chi connectivity index (χ3v) is 4.76. The molecule has 1 heterocycles. The molecular formula is C17H19N3. The Labute approximate surface area is 120 Å². The maximum atomic E-state index is 9.72. The fraction of sp³-hybridized carbons (Fsp3) is 0.588. The largest absolute Gasteiger partial charge is 0.256 e. The Bertz CT molecular complexity index is 606. The minimum absolute atomic E-state index is 0.436. The lowest BCUT2D eigenvalue weighted by atomic mass is 9.70. The van der Waals surface area contributed by atoms with E-state index in [4.69, 9.17) is 10.2 Å². The van der Waals surface area contributed by atoms with E-state index in [0.717, 1.165) is 37.8 Å². The van der Waals surface area contributed by atoms with Gasteiger partial charge >= 0.3 is 0 Å². The normalized spacial score (nSPS) is 24.1. The number of pyridine rings is 1. The highest BCUT2D eigenvalue weighted by Gasteiger charge is 2.38. The summed E-state index contributed by atoms with van der Waals surface area (Å²) in [6.45, 7) is 0. The molecule has 2 aliphatic rings. The van der Waals surface area contributed by atoms with Gasteiger partial charge in [0, 0.05) is 12.1 Å². The van der Waals surface area contributed by atoms with Crippen molar-refractivity contribution in [3.8, 4) is 12.1 Å². The zero-order chi connectivity index (χ0) is 14.0. The smallest absolute Gasteiger partial charge is 0.101 e. The Hall–Kier alpha value is -1.87. The average molecular weight is 265 g/mol. The molecule has 3 nitrogen and oxygen atoms in total. The minimum atomic E-state index is -0.518. The number of hydrogen-bond acceptors (Lipinski definition) is 3. The van der Waals surface area contributed by atoms with Crippen molar-refractivity contribution in [2.45, 2.75) is 63.2 Å². The molecule has 0 saturated heterocycles. The zero-order valence-electron chi connectivity index (χ0n) is 11.8. The fourth-order valence-corrected chi connectivity index (χ4v) is 3.66. The summed E-state index contributed by atoms with van der Waals surface area (Å²) in [5.41, 5.74) is 4.33. The van der Waals surface area contributed by atoms with Crippen LogP contribution in [0.5, 0.6) is 0 Å². The van der Waals surface area contributed by atoms with Crippen LogP contribution in [0.15, 0.2) is 6.07 Å². The Kier molecular flexibility index (Phi) is 3.45. The second-order valence-corrected chi connectivity index (χ2v) is 6.01. The quantitative estimate of drug-likeness (QED) is 0.823. The van der Waals surface area contributed by atoms with Gasteiger partial charge in [0.25, 0.3) is 0 Å². The van der Waals surface area contributed by atoms with E-state index in [2.05, 4.69) is 18.2 Å². The number of nitrogens with zero attached hydrogens (tertiary/aromatic N) is 3. The predicted molar refractivity (Wildman–Crippen MR) is 76.0 cm³/mol. The molecule has 1 aromatic heterocycles. The van der Waals surface area contributed by atoms with E-state index in [0.29, 0.717) is 12.8 Å². The summed E-state index contributed by atoms with van der Waals surface area (Å²) in [7, 11) is 0. The first kappa shape index (κ1) is 13.1. The Balaban J connectivity index is 2.07. The van der Waals surface area contributed by atoms with Crippen LogP contribution in [0.4, 0.5) is 0 Å². The SMILES string of the molecule is N#CCCC1(C#N)CCCc2cc3c(nc21)CCCC3. The maximum absolute atomic E-state index is 9.72. The van der Waals surface area contributed by atoms with Crippen molar-refractivity contribution in [1.29, 1.82) is 10.5 Å². The van der Waals surface area contributed by atoms with Crippen molar-refractivity contribution in [3.05, 3.63) is 28.6 Å². The van der Waals surface area contributed by atoms with Crippen LogP contribution < -0.4 is 0 Å². The van der Waals surface area contributed by atoms with Gasteiger partial charge in [0.1, 0.15) is 5.41 Å². The van der Waals surface area contributed by atoms with Crippen molar-refractivity contribution < 1.29 is 0 Å². The summed E-state index contributed by atoms with van der Waals surface area (Å²) in [6, 6.07) is 6.99. The van der Waals surface area contributed by atoms with Crippen LogP contribution in [0.2, 0.25) is 0 Å². The van der Waals surface area contributed by atoms with Gasteiger partial charge < -0.3 is 0 Å². The summed E-state index contributed by atoms with van der Waals surface area (Å²) in [5, 5.41) is 18.6. The van der Waals surface area contributed by atoms with Crippen molar-refractivity contribution in [2.24, 2.45) is 0 Å². The van der Waals surface area contributed by atoms with Gasteiger partial charge in [0.05, 0.1) is 17.8 Å². The van der Waals surface area contributed by atoms with Crippen LogP contribution in [0.1, 0.15) is 61.0 Å². The van der Waals surface area contributed by atoms with E-state index < -0.39 is 5.41 Å². The molecule has 0 aromatic carbocycles. The van der Waals surface area contributed by atoms with Crippen molar-refractivity contribution in [2.75, 3.05) is 0 Å². The molecule has 0 radical (unpaired) electrons. The molecular weight excluding hydrogens is 246 g/mol. The van der Waals surface area contributed by atoms with Crippen LogP contribution in [-0.2, 0) is 24.7 Å². The van der Waals surface area contributed by atoms with E-state index in [1.54, 1.807) is 0 Å². The molecule has 0 amide bonds. The molecule has 1 aromatic rings. The molecule has 0 aliphatic heterocycles. The molecule has 3 rings (SSSR count). The second-order valence-electron chi connectivity index (χ2n) is 6.01. The number of aryl methyl sites for hydroxylation is 3. The maximum Gasteiger partial charge on any atom is 0.101 e. The average Bonchev–Trinajstić information content (AvgIpc) is 2.51. The molecule has 3 heteroatoms. The third-order valence-electron chi connectivity index (χ3n) is 4.76. The van der Waals surface area contributed by atoms with Gasteiger partial charge in [-0.3, -0.25) is 4.98 Å².